The molecule has 0 bridgehead atoms. The van der Waals surface area contributed by atoms with Gasteiger partial charge in [0.1, 0.15) is 0 Å². The average Bonchev–Trinajstić information content (AvgIpc) is 3.25. The summed E-state index contributed by atoms with van der Waals surface area (Å²) in [7, 11) is 0. The van der Waals surface area contributed by atoms with Crippen LogP contribution in [0.15, 0.2) is 53.9 Å². The molecular formula is C25H27N3O3S. The highest BCUT2D eigenvalue weighted by molar-refractivity contribution is 7.14. The Hall–Kier alpha value is -3.32. The number of nitrogens with zero attached hydrogens (tertiary/aromatic N) is 1. The van der Waals surface area contributed by atoms with Crippen molar-refractivity contribution in [2.24, 2.45) is 0 Å². The molecule has 0 aliphatic heterocycles. The fourth-order valence-electron chi connectivity index (χ4n) is 3.27. The highest BCUT2D eigenvalue weighted by Crippen LogP contribution is 2.26. The summed E-state index contributed by atoms with van der Waals surface area (Å²) < 4.78 is 0. The molecule has 32 heavy (non-hydrogen) atoms. The van der Waals surface area contributed by atoms with Crippen LogP contribution < -0.4 is 10.6 Å². The fraction of sp³-hybridized carbons (Fsp3) is 0.280. The molecule has 2 N–H and O–H groups in total. The van der Waals surface area contributed by atoms with Gasteiger partial charge in [0.05, 0.1) is 11.7 Å². The van der Waals surface area contributed by atoms with Gasteiger partial charge in [0.2, 0.25) is 11.8 Å². The van der Waals surface area contributed by atoms with Crippen molar-refractivity contribution < 1.29 is 14.4 Å². The van der Waals surface area contributed by atoms with Crippen LogP contribution in [0.2, 0.25) is 0 Å². The van der Waals surface area contributed by atoms with E-state index in [2.05, 4.69) is 22.5 Å². The number of amides is 2. The van der Waals surface area contributed by atoms with E-state index in [1.165, 1.54) is 23.8 Å². The number of rotatable bonds is 9. The zero-order valence-corrected chi connectivity index (χ0v) is 19.3. The van der Waals surface area contributed by atoms with Crippen LogP contribution in [-0.4, -0.2) is 22.6 Å². The maximum absolute atomic E-state index is 12.3. The van der Waals surface area contributed by atoms with Crippen LogP contribution in [-0.2, 0) is 16.0 Å². The van der Waals surface area contributed by atoms with E-state index in [9.17, 15) is 14.4 Å². The second kappa shape index (κ2) is 10.8. The Morgan fingerprint density at radius 1 is 1.00 bits per heavy atom. The number of thiazole rings is 1. The van der Waals surface area contributed by atoms with Crippen molar-refractivity contribution in [1.82, 2.24) is 10.3 Å². The molecule has 2 aromatic carbocycles. The fourth-order valence-corrected chi connectivity index (χ4v) is 4.01. The first-order valence-corrected chi connectivity index (χ1v) is 11.5. The molecule has 1 heterocycles. The summed E-state index contributed by atoms with van der Waals surface area (Å²) in [5, 5.41) is 8.01. The molecule has 6 nitrogen and oxygen atoms in total. The largest absolute Gasteiger partial charge is 0.350 e. The van der Waals surface area contributed by atoms with Crippen LogP contribution in [0, 0.1) is 0 Å². The Labute approximate surface area is 192 Å². The average molecular weight is 450 g/mol. The van der Waals surface area contributed by atoms with Gasteiger partial charge in [-0.1, -0.05) is 55.5 Å². The van der Waals surface area contributed by atoms with E-state index < -0.39 is 0 Å². The van der Waals surface area contributed by atoms with Crippen molar-refractivity contribution in [3.63, 3.8) is 0 Å². The molecule has 1 unspecified atom stereocenters. The van der Waals surface area contributed by atoms with Crippen LogP contribution in [0.1, 0.15) is 61.1 Å². The number of hydrogen-bond donors (Lipinski definition) is 2. The quantitative estimate of drug-likeness (QED) is 0.441. The van der Waals surface area contributed by atoms with E-state index in [0.717, 1.165) is 23.2 Å². The lowest BCUT2D eigenvalue weighted by atomic mass is 10.0. The molecule has 0 aliphatic carbocycles. The molecule has 1 aromatic heterocycles. The topological polar surface area (TPSA) is 88.2 Å². The van der Waals surface area contributed by atoms with Crippen LogP contribution in [0.25, 0.3) is 11.3 Å². The van der Waals surface area contributed by atoms with Crippen molar-refractivity contribution in [2.75, 3.05) is 5.32 Å². The van der Waals surface area contributed by atoms with E-state index in [0.29, 0.717) is 10.7 Å². The van der Waals surface area contributed by atoms with Crippen molar-refractivity contribution in [3.8, 4) is 11.3 Å². The minimum atomic E-state index is -0.232. The number of aryl methyl sites for hydroxylation is 1. The normalized spacial score (nSPS) is 11.6. The van der Waals surface area contributed by atoms with Gasteiger partial charge in [-0.2, -0.15) is 0 Å². The summed E-state index contributed by atoms with van der Waals surface area (Å²) in [6.45, 7) is 5.49. The van der Waals surface area contributed by atoms with Gasteiger partial charge in [0.15, 0.2) is 10.9 Å². The first kappa shape index (κ1) is 23.3. The first-order chi connectivity index (χ1) is 15.4. The standard InChI is InChI=1S/C25H27N3O3S/c1-4-18-5-7-21(8-6-18)23(30)13-14-24(31)28-25-27-22(15-32-25)20-11-9-19(10-12-20)16(2)26-17(3)29/h5-12,15-16H,4,13-14H2,1-3H3,(H,26,29)(H,27,28,31). The minimum absolute atomic E-state index is 0.0452. The van der Waals surface area contributed by atoms with Gasteiger partial charge >= 0.3 is 0 Å². The van der Waals surface area contributed by atoms with Crippen molar-refractivity contribution in [3.05, 3.63) is 70.6 Å². The van der Waals surface area contributed by atoms with Crippen LogP contribution in [0.5, 0.6) is 0 Å². The smallest absolute Gasteiger partial charge is 0.226 e. The third-order valence-corrected chi connectivity index (χ3v) is 5.90. The van der Waals surface area contributed by atoms with Crippen LogP contribution >= 0.6 is 11.3 Å². The second-order valence-corrected chi connectivity index (χ2v) is 8.46. The maximum atomic E-state index is 12.3. The number of hydrogen-bond acceptors (Lipinski definition) is 5. The molecule has 0 radical (unpaired) electrons. The number of carbonyl (C=O) groups is 3. The predicted molar refractivity (Wildman–Crippen MR) is 128 cm³/mol. The SMILES string of the molecule is CCc1ccc(C(=O)CCC(=O)Nc2nc(-c3ccc(C(C)NC(C)=O)cc3)cs2)cc1. The molecule has 1 atom stereocenters. The Morgan fingerprint density at radius 3 is 2.31 bits per heavy atom. The van der Waals surface area contributed by atoms with Gasteiger partial charge in [0.25, 0.3) is 0 Å². The van der Waals surface area contributed by atoms with Gasteiger partial charge in [-0.15, -0.1) is 11.3 Å². The van der Waals surface area contributed by atoms with Crippen LogP contribution in [0.3, 0.4) is 0 Å². The van der Waals surface area contributed by atoms with Crippen LogP contribution in [0.4, 0.5) is 5.13 Å². The van der Waals surface area contributed by atoms with E-state index in [1.54, 1.807) is 0 Å². The van der Waals surface area contributed by atoms with Gasteiger partial charge in [-0.3, -0.25) is 14.4 Å². The third kappa shape index (κ3) is 6.34. The van der Waals surface area contributed by atoms with Crippen molar-refractivity contribution in [1.29, 1.82) is 0 Å². The van der Waals surface area contributed by atoms with Crippen molar-refractivity contribution >= 4 is 34.1 Å². The highest BCUT2D eigenvalue weighted by atomic mass is 32.1. The molecule has 2 amide bonds. The Kier molecular flexibility index (Phi) is 7.89. The number of aromatic nitrogens is 1. The zero-order valence-electron chi connectivity index (χ0n) is 18.5. The van der Waals surface area contributed by atoms with E-state index >= 15 is 0 Å². The zero-order chi connectivity index (χ0) is 23.1. The summed E-state index contributed by atoms with van der Waals surface area (Å²) >= 11 is 1.34. The lowest BCUT2D eigenvalue weighted by Gasteiger charge is -2.13. The summed E-state index contributed by atoms with van der Waals surface area (Å²) in [4.78, 5) is 40.3. The second-order valence-electron chi connectivity index (χ2n) is 7.60. The first-order valence-electron chi connectivity index (χ1n) is 10.6. The van der Waals surface area contributed by atoms with E-state index in [-0.39, 0.29) is 36.5 Å². The molecule has 0 saturated carbocycles. The monoisotopic (exact) mass is 449 g/mol. The Balaban J connectivity index is 1.53. The Bertz CT molecular complexity index is 1090. The van der Waals surface area contributed by atoms with Gasteiger partial charge in [-0.05, 0) is 24.5 Å². The van der Waals surface area contributed by atoms with Gasteiger partial charge in [0, 0.05) is 36.3 Å². The lowest BCUT2D eigenvalue weighted by molar-refractivity contribution is -0.119. The summed E-state index contributed by atoms with van der Waals surface area (Å²) in [5.74, 6) is -0.349. The van der Waals surface area contributed by atoms with E-state index in [4.69, 9.17) is 0 Å². The number of nitrogens with one attached hydrogen (secondary N) is 2. The van der Waals surface area contributed by atoms with Gasteiger partial charge < -0.3 is 10.6 Å². The molecule has 0 fully saturated rings. The number of carbonyl (C=O) groups excluding carboxylic acids is 3. The number of anilines is 1. The molecular weight excluding hydrogens is 422 g/mol. The molecule has 3 aromatic rings. The summed E-state index contributed by atoms with van der Waals surface area (Å²) in [5.41, 5.74) is 4.49. The molecule has 7 heteroatoms. The van der Waals surface area contributed by atoms with E-state index in [1.807, 2.05) is 60.8 Å². The molecule has 0 saturated heterocycles. The van der Waals surface area contributed by atoms with Crippen molar-refractivity contribution in [2.45, 2.75) is 46.1 Å². The molecule has 0 spiro atoms. The third-order valence-electron chi connectivity index (χ3n) is 5.14. The molecule has 3 rings (SSSR count). The predicted octanol–water partition coefficient (Wildman–Crippen LogP) is 5.17. The summed E-state index contributed by atoms with van der Waals surface area (Å²) in [6.07, 6.45) is 1.19. The number of Topliss-reactive ketones (excluding diaryl/α,β-unsaturated/α-hetero) is 1. The minimum Gasteiger partial charge on any atom is -0.350 e. The summed E-state index contributed by atoms with van der Waals surface area (Å²) in [6, 6.07) is 15.2. The number of ketones is 1. The molecule has 0 aliphatic rings. The Morgan fingerprint density at radius 2 is 1.69 bits per heavy atom. The molecule has 166 valence electrons. The number of benzene rings is 2. The highest BCUT2D eigenvalue weighted by Gasteiger charge is 2.12. The lowest BCUT2D eigenvalue weighted by Crippen LogP contribution is -2.23. The maximum Gasteiger partial charge on any atom is 0.226 e. The van der Waals surface area contributed by atoms with Gasteiger partial charge in [-0.25, -0.2) is 4.98 Å².